The zero-order valence-electron chi connectivity index (χ0n) is 15.1. The lowest BCUT2D eigenvalue weighted by Crippen LogP contribution is -2.47. The highest BCUT2D eigenvalue weighted by molar-refractivity contribution is 6.08. The van der Waals surface area contributed by atoms with Crippen LogP contribution in [-0.2, 0) is 16.1 Å². The number of aliphatic carboxylic acids is 1. The van der Waals surface area contributed by atoms with Crippen molar-refractivity contribution >= 4 is 28.7 Å². The van der Waals surface area contributed by atoms with Crippen LogP contribution < -0.4 is 11.1 Å². The highest BCUT2D eigenvalue weighted by Gasteiger charge is 2.24. The maximum Gasteiger partial charge on any atom is 0.303 e. The van der Waals surface area contributed by atoms with Crippen LogP contribution in [0.3, 0.4) is 0 Å². The second-order valence-corrected chi connectivity index (χ2v) is 6.70. The van der Waals surface area contributed by atoms with Crippen molar-refractivity contribution < 1.29 is 19.5 Å². The molecular weight excluding hydrogens is 334 g/mol. The van der Waals surface area contributed by atoms with Crippen molar-refractivity contribution in [2.45, 2.75) is 45.7 Å². The van der Waals surface area contributed by atoms with Gasteiger partial charge in [0, 0.05) is 30.1 Å². The van der Waals surface area contributed by atoms with Gasteiger partial charge >= 0.3 is 5.97 Å². The van der Waals surface area contributed by atoms with E-state index in [1.165, 1.54) is 0 Å². The third kappa shape index (κ3) is 4.62. The van der Waals surface area contributed by atoms with Gasteiger partial charge in [-0.15, -0.1) is 0 Å². The van der Waals surface area contributed by atoms with Crippen LogP contribution in [0.4, 0.5) is 0 Å². The molecule has 1 aromatic heterocycles. The number of rotatable bonds is 9. The van der Waals surface area contributed by atoms with Gasteiger partial charge < -0.3 is 20.7 Å². The highest BCUT2D eigenvalue weighted by Crippen LogP contribution is 2.22. The predicted molar refractivity (Wildman–Crippen MR) is 98.7 cm³/mol. The first-order chi connectivity index (χ1) is 12.3. The van der Waals surface area contributed by atoms with Crippen LogP contribution in [0.15, 0.2) is 30.5 Å². The normalized spacial score (nSPS) is 12.3. The Labute approximate surface area is 152 Å². The molecule has 0 spiro atoms. The van der Waals surface area contributed by atoms with Gasteiger partial charge in [-0.3, -0.25) is 14.4 Å². The number of carbonyl (C=O) groups excluding carboxylic acids is 2. The lowest BCUT2D eigenvalue weighted by atomic mass is 10.0. The number of aryl methyl sites for hydroxylation is 1. The van der Waals surface area contributed by atoms with Gasteiger partial charge in [-0.05, 0) is 24.8 Å². The molecular formula is C19H25N3O4. The number of primary amides is 1. The third-order valence-corrected chi connectivity index (χ3v) is 4.33. The van der Waals surface area contributed by atoms with Crippen LogP contribution in [0.25, 0.3) is 10.9 Å². The molecule has 0 aliphatic rings. The molecule has 0 saturated carbocycles. The SMILES string of the molecule is CC(C)C(NC(=O)c1cn(CCCCC(=O)O)c2ccccc12)C(N)=O. The van der Waals surface area contributed by atoms with E-state index in [0.717, 1.165) is 10.9 Å². The van der Waals surface area contributed by atoms with Crippen LogP contribution in [0.5, 0.6) is 0 Å². The molecule has 0 saturated heterocycles. The van der Waals surface area contributed by atoms with Crippen LogP contribution in [0.2, 0.25) is 0 Å². The fraction of sp³-hybridized carbons (Fsp3) is 0.421. The van der Waals surface area contributed by atoms with Crippen molar-refractivity contribution in [1.29, 1.82) is 0 Å². The van der Waals surface area contributed by atoms with E-state index in [9.17, 15) is 14.4 Å². The van der Waals surface area contributed by atoms with E-state index in [4.69, 9.17) is 10.8 Å². The summed E-state index contributed by atoms with van der Waals surface area (Å²) in [5.74, 6) is -1.83. The van der Waals surface area contributed by atoms with Gasteiger partial charge in [0.25, 0.3) is 5.91 Å². The van der Waals surface area contributed by atoms with Crippen LogP contribution in [-0.4, -0.2) is 33.5 Å². The average molecular weight is 359 g/mol. The molecule has 1 unspecified atom stereocenters. The first-order valence-corrected chi connectivity index (χ1v) is 8.71. The number of aromatic nitrogens is 1. The molecule has 0 fully saturated rings. The number of amides is 2. The largest absolute Gasteiger partial charge is 0.481 e. The topological polar surface area (TPSA) is 114 Å². The summed E-state index contributed by atoms with van der Waals surface area (Å²) in [6.07, 6.45) is 3.14. The number of hydrogen-bond donors (Lipinski definition) is 3. The Morgan fingerprint density at radius 3 is 2.50 bits per heavy atom. The van der Waals surface area contributed by atoms with Gasteiger partial charge in [0.1, 0.15) is 6.04 Å². The monoisotopic (exact) mass is 359 g/mol. The van der Waals surface area contributed by atoms with Gasteiger partial charge in [0.2, 0.25) is 5.91 Å². The zero-order chi connectivity index (χ0) is 19.3. The Bertz CT molecular complexity index is 810. The van der Waals surface area contributed by atoms with Crippen molar-refractivity contribution in [3.63, 3.8) is 0 Å². The summed E-state index contributed by atoms with van der Waals surface area (Å²) in [6.45, 7) is 4.26. The second kappa shape index (κ2) is 8.51. The van der Waals surface area contributed by atoms with E-state index >= 15 is 0 Å². The second-order valence-electron chi connectivity index (χ2n) is 6.70. The molecule has 26 heavy (non-hydrogen) atoms. The molecule has 4 N–H and O–H groups in total. The van der Waals surface area contributed by atoms with E-state index in [0.29, 0.717) is 24.9 Å². The Morgan fingerprint density at radius 2 is 1.88 bits per heavy atom. The van der Waals surface area contributed by atoms with Crippen LogP contribution >= 0.6 is 0 Å². The molecule has 0 bridgehead atoms. The quantitative estimate of drug-likeness (QED) is 0.595. The minimum absolute atomic E-state index is 0.110. The summed E-state index contributed by atoms with van der Waals surface area (Å²) in [5, 5.41) is 12.2. The molecule has 2 rings (SSSR count). The summed E-state index contributed by atoms with van der Waals surface area (Å²) in [4.78, 5) is 34.9. The molecule has 1 aromatic carbocycles. The van der Waals surface area contributed by atoms with Crippen molar-refractivity contribution in [1.82, 2.24) is 9.88 Å². The number of carbonyl (C=O) groups is 3. The Balaban J connectivity index is 2.23. The minimum atomic E-state index is -0.811. The Hall–Kier alpha value is -2.83. The van der Waals surface area contributed by atoms with Crippen molar-refractivity contribution in [2.24, 2.45) is 11.7 Å². The van der Waals surface area contributed by atoms with Gasteiger partial charge in [0.05, 0.1) is 5.56 Å². The third-order valence-electron chi connectivity index (χ3n) is 4.33. The number of benzene rings is 1. The van der Waals surface area contributed by atoms with E-state index in [-0.39, 0.29) is 18.2 Å². The molecule has 7 heteroatoms. The fourth-order valence-electron chi connectivity index (χ4n) is 2.96. The van der Waals surface area contributed by atoms with Crippen LogP contribution in [0.1, 0.15) is 43.5 Å². The molecule has 2 amide bonds. The van der Waals surface area contributed by atoms with Crippen molar-refractivity contribution in [3.05, 3.63) is 36.0 Å². The number of nitrogens with one attached hydrogen (secondary N) is 1. The van der Waals surface area contributed by atoms with Gasteiger partial charge in [-0.1, -0.05) is 32.0 Å². The summed E-state index contributed by atoms with van der Waals surface area (Å²) in [6, 6.07) is 6.77. The predicted octanol–water partition coefficient (Wildman–Crippen LogP) is 2.14. The molecule has 1 atom stereocenters. The molecule has 1 heterocycles. The van der Waals surface area contributed by atoms with Gasteiger partial charge in [0.15, 0.2) is 0 Å². The van der Waals surface area contributed by atoms with Crippen molar-refractivity contribution in [2.75, 3.05) is 0 Å². The average Bonchev–Trinajstić information content (AvgIpc) is 2.94. The van der Waals surface area contributed by atoms with Gasteiger partial charge in [-0.2, -0.15) is 0 Å². The number of para-hydroxylation sites is 1. The Kier molecular flexibility index (Phi) is 6.38. The van der Waals surface area contributed by atoms with E-state index < -0.39 is 17.9 Å². The lowest BCUT2D eigenvalue weighted by molar-refractivity contribution is -0.137. The smallest absolute Gasteiger partial charge is 0.303 e. The maximum absolute atomic E-state index is 12.7. The maximum atomic E-state index is 12.7. The standard InChI is InChI=1S/C19H25N3O4/c1-12(2)17(18(20)25)21-19(26)14-11-22(10-6-5-9-16(23)24)15-8-4-3-7-13(14)15/h3-4,7-8,11-12,17H,5-6,9-10H2,1-2H3,(H2,20,25)(H,21,26)(H,23,24). The number of hydrogen-bond acceptors (Lipinski definition) is 3. The number of carboxylic acids is 1. The van der Waals surface area contributed by atoms with E-state index in [2.05, 4.69) is 5.32 Å². The molecule has 0 aliphatic carbocycles. The minimum Gasteiger partial charge on any atom is -0.481 e. The highest BCUT2D eigenvalue weighted by atomic mass is 16.4. The first kappa shape index (κ1) is 19.5. The molecule has 140 valence electrons. The van der Waals surface area contributed by atoms with Crippen molar-refractivity contribution in [3.8, 4) is 0 Å². The summed E-state index contributed by atoms with van der Waals surface area (Å²) in [7, 11) is 0. The molecule has 0 radical (unpaired) electrons. The number of carboxylic acid groups (broad SMARTS) is 1. The summed E-state index contributed by atoms with van der Waals surface area (Å²) in [5.41, 5.74) is 6.75. The Morgan fingerprint density at radius 1 is 1.19 bits per heavy atom. The van der Waals surface area contributed by atoms with E-state index in [1.807, 2.05) is 42.7 Å². The summed E-state index contributed by atoms with van der Waals surface area (Å²) < 4.78 is 1.95. The summed E-state index contributed by atoms with van der Waals surface area (Å²) >= 11 is 0. The fourth-order valence-corrected chi connectivity index (χ4v) is 2.96. The molecule has 0 aliphatic heterocycles. The molecule has 2 aromatic rings. The van der Waals surface area contributed by atoms with Gasteiger partial charge in [-0.25, -0.2) is 0 Å². The van der Waals surface area contributed by atoms with E-state index in [1.54, 1.807) is 6.20 Å². The number of fused-ring (bicyclic) bond motifs is 1. The number of nitrogens with zero attached hydrogens (tertiary/aromatic N) is 1. The lowest BCUT2D eigenvalue weighted by Gasteiger charge is -2.18. The number of unbranched alkanes of at least 4 members (excludes halogenated alkanes) is 1. The van der Waals surface area contributed by atoms with Crippen LogP contribution in [0, 0.1) is 5.92 Å². The molecule has 7 nitrogen and oxygen atoms in total. The zero-order valence-corrected chi connectivity index (χ0v) is 15.1. The number of nitrogens with two attached hydrogens (primary N) is 1. The first-order valence-electron chi connectivity index (χ1n) is 8.71.